The predicted molar refractivity (Wildman–Crippen MR) is 102 cm³/mol. The molecule has 2 fully saturated rings. The van der Waals surface area contributed by atoms with Crippen LogP contribution in [0, 0.1) is 0 Å². The Kier molecular flexibility index (Phi) is 4.58. The summed E-state index contributed by atoms with van der Waals surface area (Å²) in [6.07, 6.45) is 4.50. The molecule has 138 valence electrons. The molecule has 0 atom stereocenters. The molecule has 7 nitrogen and oxygen atoms in total. The summed E-state index contributed by atoms with van der Waals surface area (Å²) in [6, 6.07) is 10.2. The molecular formula is C20H20N4O3. The molecule has 27 heavy (non-hydrogen) atoms. The van der Waals surface area contributed by atoms with Crippen molar-refractivity contribution in [3.63, 3.8) is 0 Å². The molecule has 1 N–H and O–H groups in total. The number of nitrogens with one attached hydrogen (secondary N) is 1. The summed E-state index contributed by atoms with van der Waals surface area (Å²) in [4.78, 5) is 43.8. The predicted octanol–water partition coefficient (Wildman–Crippen LogP) is 2.59. The maximum Gasteiger partial charge on any atom is 0.255 e. The first-order valence-corrected chi connectivity index (χ1v) is 9.10. The highest BCUT2D eigenvalue weighted by Gasteiger charge is 2.30. The normalized spacial score (nSPS) is 16.9. The number of imide groups is 1. The van der Waals surface area contributed by atoms with Gasteiger partial charge in [-0.3, -0.25) is 19.3 Å². The maximum atomic E-state index is 12.4. The average molecular weight is 364 g/mol. The minimum absolute atomic E-state index is 0.207. The summed E-state index contributed by atoms with van der Waals surface area (Å²) in [6.45, 7) is 2.04. The Morgan fingerprint density at radius 3 is 2.19 bits per heavy atom. The number of hydrogen-bond donors (Lipinski definition) is 1. The van der Waals surface area contributed by atoms with Gasteiger partial charge in [0.1, 0.15) is 5.82 Å². The van der Waals surface area contributed by atoms with Gasteiger partial charge in [-0.1, -0.05) is 0 Å². The standard InChI is InChI=1S/C20H20N4O3/c25-18-9-10-19(26)24(18)16-6-3-14(4-7-16)20(27)22-15-5-8-17(21-13-15)23-11-1-2-12-23/h3-8,13H,1-2,9-12H2,(H,22,27). The molecular weight excluding hydrogens is 344 g/mol. The zero-order valence-electron chi connectivity index (χ0n) is 14.9. The maximum absolute atomic E-state index is 12.4. The van der Waals surface area contributed by atoms with Gasteiger partial charge in [0.15, 0.2) is 0 Å². The molecule has 0 saturated carbocycles. The van der Waals surface area contributed by atoms with Crippen LogP contribution in [0.2, 0.25) is 0 Å². The fourth-order valence-electron chi connectivity index (χ4n) is 3.42. The topological polar surface area (TPSA) is 82.6 Å². The molecule has 2 aromatic rings. The zero-order valence-corrected chi connectivity index (χ0v) is 14.9. The van der Waals surface area contributed by atoms with E-state index in [2.05, 4.69) is 15.2 Å². The number of benzene rings is 1. The lowest BCUT2D eigenvalue weighted by Gasteiger charge is -2.16. The van der Waals surface area contributed by atoms with E-state index >= 15 is 0 Å². The van der Waals surface area contributed by atoms with Crippen LogP contribution in [0.15, 0.2) is 42.6 Å². The van der Waals surface area contributed by atoms with Crippen molar-refractivity contribution in [1.82, 2.24) is 4.98 Å². The number of aromatic nitrogens is 1. The van der Waals surface area contributed by atoms with Crippen LogP contribution in [0.5, 0.6) is 0 Å². The molecule has 1 aromatic carbocycles. The van der Waals surface area contributed by atoms with Crippen molar-refractivity contribution in [1.29, 1.82) is 0 Å². The Bertz CT molecular complexity index is 855. The molecule has 2 saturated heterocycles. The van der Waals surface area contributed by atoms with E-state index < -0.39 is 0 Å². The highest BCUT2D eigenvalue weighted by Crippen LogP contribution is 2.23. The third-order valence-corrected chi connectivity index (χ3v) is 4.88. The van der Waals surface area contributed by atoms with E-state index in [-0.39, 0.29) is 30.6 Å². The van der Waals surface area contributed by atoms with Crippen LogP contribution in [-0.4, -0.2) is 35.8 Å². The molecule has 2 aliphatic heterocycles. The molecule has 4 rings (SSSR count). The van der Waals surface area contributed by atoms with E-state index in [0.717, 1.165) is 18.9 Å². The molecule has 0 spiro atoms. The lowest BCUT2D eigenvalue weighted by Crippen LogP contribution is -2.28. The summed E-state index contributed by atoms with van der Waals surface area (Å²) in [7, 11) is 0. The fraction of sp³-hybridized carbons (Fsp3) is 0.300. The van der Waals surface area contributed by atoms with Crippen molar-refractivity contribution >= 4 is 34.9 Å². The van der Waals surface area contributed by atoms with E-state index in [0.29, 0.717) is 16.9 Å². The van der Waals surface area contributed by atoms with Gasteiger partial charge in [-0.15, -0.1) is 0 Å². The Hall–Kier alpha value is -3.22. The smallest absolute Gasteiger partial charge is 0.255 e. The minimum atomic E-state index is -0.267. The third-order valence-electron chi connectivity index (χ3n) is 4.88. The van der Waals surface area contributed by atoms with Gasteiger partial charge in [0, 0.05) is 31.5 Å². The van der Waals surface area contributed by atoms with Crippen LogP contribution in [-0.2, 0) is 9.59 Å². The lowest BCUT2D eigenvalue weighted by atomic mass is 10.2. The van der Waals surface area contributed by atoms with Crippen LogP contribution in [0.1, 0.15) is 36.0 Å². The van der Waals surface area contributed by atoms with Crippen molar-refractivity contribution in [3.05, 3.63) is 48.2 Å². The second kappa shape index (κ2) is 7.19. The number of hydrogen-bond acceptors (Lipinski definition) is 5. The third kappa shape index (κ3) is 3.53. The van der Waals surface area contributed by atoms with Crippen molar-refractivity contribution in [2.75, 3.05) is 28.2 Å². The molecule has 0 radical (unpaired) electrons. The Labute approximate surface area is 157 Å². The van der Waals surface area contributed by atoms with Gasteiger partial charge in [-0.2, -0.15) is 0 Å². The molecule has 0 bridgehead atoms. The van der Waals surface area contributed by atoms with Crippen molar-refractivity contribution in [2.24, 2.45) is 0 Å². The molecule has 0 unspecified atom stereocenters. The van der Waals surface area contributed by atoms with Crippen molar-refractivity contribution in [3.8, 4) is 0 Å². The minimum Gasteiger partial charge on any atom is -0.357 e. The molecule has 0 aliphatic carbocycles. The molecule has 2 aliphatic rings. The largest absolute Gasteiger partial charge is 0.357 e. The van der Waals surface area contributed by atoms with E-state index in [1.54, 1.807) is 30.5 Å². The van der Waals surface area contributed by atoms with Crippen LogP contribution in [0.3, 0.4) is 0 Å². The zero-order chi connectivity index (χ0) is 18.8. The highest BCUT2D eigenvalue weighted by atomic mass is 16.2. The quantitative estimate of drug-likeness (QED) is 0.843. The first kappa shape index (κ1) is 17.2. The number of nitrogens with zero attached hydrogens (tertiary/aromatic N) is 3. The van der Waals surface area contributed by atoms with Gasteiger partial charge in [0.05, 0.1) is 17.6 Å². The van der Waals surface area contributed by atoms with E-state index in [1.807, 2.05) is 12.1 Å². The van der Waals surface area contributed by atoms with Gasteiger partial charge in [-0.05, 0) is 49.2 Å². The summed E-state index contributed by atoms with van der Waals surface area (Å²) in [5.74, 6) is 0.244. The monoisotopic (exact) mass is 364 g/mol. The summed E-state index contributed by atoms with van der Waals surface area (Å²) in [5.41, 5.74) is 1.56. The Balaban J connectivity index is 1.42. The van der Waals surface area contributed by atoms with Gasteiger partial charge in [0.2, 0.25) is 11.8 Å². The summed E-state index contributed by atoms with van der Waals surface area (Å²) >= 11 is 0. The first-order chi connectivity index (χ1) is 13.1. The molecule has 7 heteroatoms. The molecule has 1 aromatic heterocycles. The van der Waals surface area contributed by atoms with Crippen molar-refractivity contribution < 1.29 is 14.4 Å². The van der Waals surface area contributed by atoms with Crippen LogP contribution < -0.4 is 15.1 Å². The average Bonchev–Trinajstić information content (AvgIpc) is 3.33. The first-order valence-electron chi connectivity index (χ1n) is 9.10. The van der Waals surface area contributed by atoms with Crippen LogP contribution in [0.4, 0.5) is 17.2 Å². The molecule has 3 heterocycles. The van der Waals surface area contributed by atoms with E-state index in [9.17, 15) is 14.4 Å². The summed E-state index contributed by atoms with van der Waals surface area (Å²) in [5, 5.41) is 2.82. The molecule has 3 amide bonds. The second-order valence-electron chi connectivity index (χ2n) is 6.72. The Morgan fingerprint density at radius 1 is 0.926 bits per heavy atom. The van der Waals surface area contributed by atoms with E-state index in [4.69, 9.17) is 0 Å². The highest BCUT2D eigenvalue weighted by molar-refractivity contribution is 6.20. The van der Waals surface area contributed by atoms with Gasteiger partial charge >= 0.3 is 0 Å². The number of amides is 3. The van der Waals surface area contributed by atoms with Crippen LogP contribution >= 0.6 is 0 Å². The fourth-order valence-corrected chi connectivity index (χ4v) is 3.42. The van der Waals surface area contributed by atoms with Crippen molar-refractivity contribution in [2.45, 2.75) is 25.7 Å². The number of carbonyl (C=O) groups excluding carboxylic acids is 3. The van der Waals surface area contributed by atoms with Gasteiger partial charge < -0.3 is 10.2 Å². The number of carbonyl (C=O) groups is 3. The second-order valence-corrected chi connectivity index (χ2v) is 6.72. The van der Waals surface area contributed by atoms with Crippen LogP contribution in [0.25, 0.3) is 0 Å². The van der Waals surface area contributed by atoms with Gasteiger partial charge in [0.25, 0.3) is 5.91 Å². The van der Waals surface area contributed by atoms with Gasteiger partial charge in [-0.25, -0.2) is 4.98 Å². The number of anilines is 3. The van der Waals surface area contributed by atoms with E-state index in [1.165, 1.54) is 17.7 Å². The Morgan fingerprint density at radius 2 is 1.59 bits per heavy atom. The number of pyridine rings is 1. The SMILES string of the molecule is O=C(Nc1ccc(N2CCCC2)nc1)c1ccc(N2C(=O)CCC2=O)cc1. The number of rotatable bonds is 4. The lowest BCUT2D eigenvalue weighted by molar-refractivity contribution is -0.121. The summed E-state index contributed by atoms with van der Waals surface area (Å²) < 4.78 is 0.